The number of nitrogens with zero attached hydrogens (tertiary/aromatic N) is 1. The number of carbonyl (C=O) groups excluding carboxylic acids is 2. The standard InChI is InChI=1S/C43H61N4O8PS/c1-7-53-29-30-54-56(50,55-42(2,3)4)45-28-13-9-12-27-44-39(48)18-14-17-38-40-37(31-57-38)47(41(49)46-40)43(32-15-10-8-11-16-32,33-19-23-35(51-5)24-20-33)34-21-25-36(52-6)26-22-34/h8,10-11,15-16,19-26,37-38,40H,7,9,12-14,17-18,27-31H2,1-6H3,(H,44,48)(H,45,50)(H,46,49). The largest absolute Gasteiger partial charge is 0.497 e. The Labute approximate surface area is 343 Å². The summed E-state index contributed by atoms with van der Waals surface area (Å²) in [5.74, 6) is 2.27. The highest BCUT2D eigenvalue weighted by molar-refractivity contribution is 8.00. The van der Waals surface area contributed by atoms with Gasteiger partial charge < -0.3 is 29.7 Å². The van der Waals surface area contributed by atoms with Crippen molar-refractivity contribution in [3.8, 4) is 11.5 Å². The van der Waals surface area contributed by atoms with Crippen molar-refractivity contribution in [2.75, 3.05) is 52.9 Å². The van der Waals surface area contributed by atoms with E-state index in [0.29, 0.717) is 32.7 Å². The maximum absolute atomic E-state index is 14.4. The van der Waals surface area contributed by atoms with Crippen LogP contribution in [0.4, 0.5) is 4.79 Å². The van der Waals surface area contributed by atoms with Crippen molar-refractivity contribution in [1.29, 1.82) is 0 Å². The summed E-state index contributed by atoms with van der Waals surface area (Å²) in [4.78, 5) is 29.3. The number of fused-ring (bicyclic) bond motifs is 1. The summed E-state index contributed by atoms with van der Waals surface area (Å²) in [5, 5.41) is 9.58. The molecule has 4 atom stereocenters. The number of carbonyl (C=O) groups is 2. The van der Waals surface area contributed by atoms with Crippen LogP contribution in [-0.2, 0) is 28.7 Å². The molecule has 0 bridgehead atoms. The van der Waals surface area contributed by atoms with Crippen LogP contribution >= 0.6 is 19.5 Å². The topological polar surface area (TPSA) is 137 Å². The second-order valence-electron chi connectivity index (χ2n) is 15.3. The lowest BCUT2D eigenvalue weighted by Crippen LogP contribution is -2.53. The number of rotatable bonds is 23. The molecule has 2 saturated heterocycles. The van der Waals surface area contributed by atoms with Gasteiger partial charge in [-0.1, -0.05) is 61.0 Å². The number of benzene rings is 3. The zero-order valence-electron chi connectivity index (χ0n) is 34.3. The molecule has 3 amide bonds. The molecule has 0 spiro atoms. The molecular formula is C43H61N4O8PS. The molecule has 0 saturated carbocycles. The van der Waals surface area contributed by atoms with Gasteiger partial charge in [0.05, 0.1) is 45.1 Å². The van der Waals surface area contributed by atoms with Gasteiger partial charge >= 0.3 is 13.8 Å². The monoisotopic (exact) mass is 824 g/mol. The van der Waals surface area contributed by atoms with E-state index in [1.807, 2.05) is 81.9 Å². The van der Waals surface area contributed by atoms with Crippen LogP contribution in [0.2, 0.25) is 0 Å². The molecule has 0 aromatic heterocycles. The van der Waals surface area contributed by atoms with Crippen LogP contribution in [0, 0.1) is 0 Å². The fourth-order valence-corrected chi connectivity index (χ4v) is 10.9. The van der Waals surface area contributed by atoms with Gasteiger partial charge in [-0.3, -0.25) is 13.8 Å². The van der Waals surface area contributed by atoms with E-state index in [2.05, 4.69) is 57.0 Å². The van der Waals surface area contributed by atoms with Gasteiger partial charge in [-0.25, -0.2) is 14.4 Å². The van der Waals surface area contributed by atoms with Crippen molar-refractivity contribution in [2.24, 2.45) is 0 Å². The third kappa shape index (κ3) is 11.5. The van der Waals surface area contributed by atoms with Crippen molar-refractivity contribution in [3.05, 3.63) is 95.6 Å². The second kappa shape index (κ2) is 20.9. The summed E-state index contributed by atoms with van der Waals surface area (Å²) >= 11 is 1.87. The maximum atomic E-state index is 14.4. The Balaban J connectivity index is 1.16. The number of urea groups is 1. The summed E-state index contributed by atoms with van der Waals surface area (Å²) in [7, 11) is -0.181. The molecule has 0 radical (unpaired) electrons. The third-order valence-electron chi connectivity index (χ3n) is 10.2. The Kier molecular flexibility index (Phi) is 16.3. The highest BCUT2D eigenvalue weighted by Crippen LogP contribution is 2.50. The molecular weight excluding hydrogens is 764 g/mol. The summed E-state index contributed by atoms with van der Waals surface area (Å²) in [6.07, 6.45) is 4.36. The van der Waals surface area contributed by atoms with Crippen LogP contribution in [0.5, 0.6) is 11.5 Å². The SMILES string of the molecule is CCOCCOP(=O)(NCCCCCNC(=O)CCCC1SCC2C1NC(=O)N2C(c1ccccc1)(c1ccc(OC)cc1)c1ccc(OC)cc1)OC(C)(C)C. The molecule has 3 N–H and O–H groups in total. The molecule has 2 aliphatic rings. The van der Waals surface area contributed by atoms with Crippen LogP contribution in [0.3, 0.4) is 0 Å². The van der Waals surface area contributed by atoms with E-state index in [4.69, 9.17) is 23.3 Å². The van der Waals surface area contributed by atoms with E-state index in [1.165, 1.54) is 0 Å². The Hall–Kier alpha value is -3.58. The molecule has 2 fully saturated rings. The van der Waals surface area contributed by atoms with Crippen LogP contribution in [0.15, 0.2) is 78.9 Å². The van der Waals surface area contributed by atoms with Gasteiger partial charge in [0, 0.05) is 37.1 Å². The summed E-state index contributed by atoms with van der Waals surface area (Å²) in [5.41, 5.74) is 1.31. The third-order valence-corrected chi connectivity index (χ3v) is 13.6. The average molecular weight is 825 g/mol. The predicted octanol–water partition coefficient (Wildman–Crippen LogP) is 7.90. The van der Waals surface area contributed by atoms with E-state index in [9.17, 15) is 14.2 Å². The van der Waals surface area contributed by atoms with E-state index in [-0.39, 0.29) is 35.9 Å². The first-order valence-corrected chi connectivity index (χ1v) is 22.6. The van der Waals surface area contributed by atoms with Gasteiger partial charge in [0.2, 0.25) is 5.91 Å². The Bertz CT molecular complexity index is 1710. The lowest BCUT2D eigenvalue weighted by atomic mass is 9.74. The highest BCUT2D eigenvalue weighted by Gasteiger charge is 2.57. The number of thioether (sulfide) groups is 1. The Morgan fingerprint density at radius 3 is 2.07 bits per heavy atom. The molecule has 3 aromatic rings. The van der Waals surface area contributed by atoms with Crippen LogP contribution in [0.1, 0.15) is 82.9 Å². The zero-order chi connectivity index (χ0) is 40.9. The molecule has 14 heteroatoms. The first-order valence-electron chi connectivity index (χ1n) is 20.0. The molecule has 5 rings (SSSR count). The van der Waals surface area contributed by atoms with Gasteiger partial charge in [-0.05, 0) is 94.3 Å². The van der Waals surface area contributed by atoms with Crippen LogP contribution < -0.4 is 25.2 Å². The number of methoxy groups -OCH3 is 2. The van der Waals surface area contributed by atoms with Crippen molar-refractivity contribution in [2.45, 2.75) is 94.7 Å². The number of amides is 3. The molecule has 3 aromatic carbocycles. The van der Waals surface area contributed by atoms with Crippen LogP contribution in [0.25, 0.3) is 0 Å². The number of hydrogen-bond donors (Lipinski definition) is 3. The van der Waals surface area contributed by atoms with Crippen molar-refractivity contribution in [3.63, 3.8) is 0 Å². The van der Waals surface area contributed by atoms with Crippen molar-refractivity contribution in [1.82, 2.24) is 20.6 Å². The quantitative estimate of drug-likeness (QED) is 0.0375. The lowest BCUT2D eigenvalue weighted by molar-refractivity contribution is -0.121. The Morgan fingerprint density at radius 1 is 0.860 bits per heavy atom. The minimum atomic E-state index is -3.48. The fraction of sp³-hybridized carbons (Fsp3) is 0.535. The molecule has 12 nitrogen and oxygen atoms in total. The smallest absolute Gasteiger partial charge is 0.406 e. The minimum absolute atomic E-state index is 0.0256. The van der Waals surface area contributed by atoms with Crippen molar-refractivity contribution >= 4 is 31.4 Å². The lowest BCUT2D eigenvalue weighted by Gasteiger charge is -2.45. The summed E-state index contributed by atoms with van der Waals surface area (Å²) in [6.45, 7) is 9.54. The molecule has 0 aliphatic carbocycles. The number of ether oxygens (including phenoxy) is 3. The van der Waals surface area contributed by atoms with Gasteiger partial charge in [-0.15, -0.1) is 0 Å². The predicted molar refractivity (Wildman–Crippen MR) is 226 cm³/mol. The van der Waals surface area contributed by atoms with E-state index in [0.717, 1.165) is 66.0 Å². The number of hydrogen-bond acceptors (Lipinski definition) is 9. The van der Waals surface area contributed by atoms with Crippen LogP contribution in [-0.4, -0.2) is 92.7 Å². The van der Waals surface area contributed by atoms with Gasteiger partial charge in [0.15, 0.2) is 0 Å². The van der Waals surface area contributed by atoms with E-state index < -0.39 is 18.9 Å². The highest BCUT2D eigenvalue weighted by atomic mass is 32.2. The van der Waals surface area contributed by atoms with E-state index >= 15 is 0 Å². The molecule has 312 valence electrons. The van der Waals surface area contributed by atoms with Gasteiger partial charge in [-0.2, -0.15) is 11.8 Å². The number of unbranched alkanes of at least 4 members (excludes halogenated alkanes) is 2. The molecule has 2 aliphatic heterocycles. The molecule has 2 heterocycles. The van der Waals surface area contributed by atoms with Gasteiger partial charge in [0.1, 0.15) is 17.0 Å². The minimum Gasteiger partial charge on any atom is -0.497 e. The normalized spacial score (nSPS) is 19.2. The molecule has 4 unspecified atom stereocenters. The van der Waals surface area contributed by atoms with E-state index in [1.54, 1.807) is 14.2 Å². The summed E-state index contributed by atoms with van der Waals surface area (Å²) in [6, 6.07) is 25.9. The molecule has 57 heavy (non-hydrogen) atoms. The summed E-state index contributed by atoms with van der Waals surface area (Å²) < 4.78 is 40.9. The van der Waals surface area contributed by atoms with Crippen molar-refractivity contribution < 1.29 is 37.4 Å². The fourth-order valence-electron chi connectivity index (χ4n) is 7.64. The number of nitrogens with one attached hydrogen (secondary N) is 3. The average Bonchev–Trinajstić information content (AvgIpc) is 3.74. The second-order valence-corrected chi connectivity index (χ2v) is 18.3. The maximum Gasteiger partial charge on any atom is 0.406 e. The first kappa shape index (κ1) is 44.5. The zero-order valence-corrected chi connectivity index (χ0v) is 36.0. The Morgan fingerprint density at radius 2 is 1.47 bits per heavy atom. The van der Waals surface area contributed by atoms with Gasteiger partial charge in [0.25, 0.3) is 0 Å². The first-order chi connectivity index (χ1) is 27.4.